The minimum atomic E-state index is 0.332. The van der Waals surface area contributed by atoms with Gasteiger partial charge in [0, 0.05) is 32.0 Å². The van der Waals surface area contributed by atoms with Gasteiger partial charge in [0.05, 0.1) is 23.4 Å². The molecule has 1 atom stereocenters. The highest BCUT2D eigenvalue weighted by molar-refractivity contribution is 6.33. The SMILES string of the molecule is Clc1cnccc1N1CCC(OCCN2CCCCC2)C1. The molecule has 0 radical (unpaired) electrons. The summed E-state index contributed by atoms with van der Waals surface area (Å²) in [5.74, 6) is 0. The molecule has 0 aromatic carbocycles. The standard InChI is InChI=1S/C16H24ClN3O/c17-15-12-18-6-4-16(15)20-9-5-14(13-20)21-11-10-19-7-2-1-3-8-19/h4,6,12,14H,1-3,5,7-11,13H2. The molecule has 116 valence electrons. The quantitative estimate of drug-likeness (QED) is 0.836. The summed E-state index contributed by atoms with van der Waals surface area (Å²) < 4.78 is 6.06. The minimum absolute atomic E-state index is 0.332. The number of hydrogen-bond donors (Lipinski definition) is 0. The molecule has 21 heavy (non-hydrogen) atoms. The Hall–Kier alpha value is -0.840. The van der Waals surface area contributed by atoms with Crippen LogP contribution in [0.4, 0.5) is 5.69 Å². The molecule has 3 rings (SSSR count). The van der Waals surface area contributed by atoms with Crippen LogP contribution >= 0.6 is 11.6 Å². The molecule has 0 saturated carbocycles. The molecule has 3 heterocycles. The van der Waals surface area contributed by atoms with Crippen molar-refractivity contribution < 1.29 is 4.74 Å². The van der Waals surface area contributed by atoms with Gasteiger partial charge in [-0.3, -0.25) is 4.98 Å². The third-order valence-corrected chi connectivity index (χ3v) is 4.74. The number of ether oxygens (including phenoxy) is 1. The highest BCUT2D eigenvalue weighted by Gasteiger charge is 2.24. The Bertz CT molecular complexity index is 451. The highest BCUT2D eigenvalue weighted by atomic mass is 35.5. The molecule has 4 nitrogen and oxygen atoms in total. The molecule has 0 amide bonds. The zero-order chi connectivity index (χ0) is 14.5. The number of piperidine rings is 1. The van der Waals surface area contributed by atoms with Gasteiger partial charge in [0.25, 0.3) is 0 Å². The van der Waals surface area contributed by atoms with Gasteiger partial charge in [-0.1, -0.05) is 18.0 Å². The van der Waals surface area contributed by atoms with Gasteiger partial charge in [0.2, 0.25) is 0 Å². The number of hydrogen-bond acceptors (Lipinski definition) is 4. The maximum absolute atomic E-state index is 6.21. The molecule has 1 aromatic heterocycles. The number of halogens is 1. The number of nitrogens with zero attached hydrogens (tertiary/aromatic N) is 3. The Morgan fingerprint density at radius 1 is 1.24 bits per heavy atom. The topological polar surface area (TPSA) is 28.6 Å². The van der Waals surface area contributed by atoms with Crippen LogP contribution < -0.4 is 4.90 Å². The Labute approximate surface area is 132 Å². The number of rotatable bonds is 5. The fraction of sp³-hybridized carbons (Fsp3) is 0.688. The van der Waals surface area contributed by atoms with E-state index in [2.05, 4.69) is 14.8 Å². The predicted octanol–water partition coefficient (Wildman–Crippen LogP) is 2.82. The van der Waals surface area contributed by atoms with E-state index in [9.17, 15) is 0 Å². The lowest BCUT2D eigenvalue weighted by Crippen LogP contribution is -2.34. The van der Waals surface area contributed by atoms with Gasteiger partial charge >= 0.3 is 0 Å². The third-order valence-electron chi connectivity index (χ3n) is 4.45. The fourth-order valence-electron chi connectivity index (χ4n) is 3.24. The van der Waals surface area contributed by atoms with E-state index in [1.54, 1.807) is 12.4 Å². The summed E-state index contributed by atoms with van der Waals surface area (Å²) in [5, 5.41) is 0.728. The number of pyridine rings is 1. The second kappa shape index (κ2) is 7.43. The third kappa shape index (κ3) is 4.09. The average Bonchev–Trinajstić information content (AvgIpc) is 2.97. The van der Waals surface area contributed by atoms with E-state index < -0.39 is 0 Å². The minimum Gasteiger partial charge on any atom is -0.375 e. The van der Waals surface area contributed by atoms with Crippen molar-refractivity contribution in [2.45, 2.75) is 31.8 Å². The summed E-state index contributed by atoms with van der Waals surface area (Å²) in [6.07, 6.45) is 9.00. The van der Waals surface area contributed by atoms with Gasteiger partial charge in [-0.05, 0) is 38.4 Å². The van der Waals surface area contributed by atoms with E-state index in [0.29, 0.717) is 6.10 Å². The van der Waals surface area contributed by atoms with Crippen molar-refractivity contribution in [1.29, 1.82) is 0 Å². The van der Waals surface area contributed by atoms with E-state index in [1.165, 1.54) is 32.4 Å². The first-order chi connectivity index (χ1) is 10.3. The van der Waals surface area contributed by atoms with Gasteiger partial charge < -0.3 is 14.5 Å². The normalized spacial score (nSPS) is 23.7. The first-order valence-electron chi connectivity index (χ1n) is 8.01. The second-order valence-electron chi connectivity index (χ2n) is 5.96. The summed E-state index contributed by atoms with van der Waals surface area (Å²) in [4.78, 5) is 8.87. The lowest BCUT2D eigenvalue weighted by molar-refractivity contribution is 0.0467. The number of aromatic nitrogens is 1. The molecular formula is C16H24ClN3O. The van der Waals surface area contributed by atoms with Gasteiger partial charge in [0.15, 0.2) is 0 Å². The fourth-order valence-corrected chi connectivity index (χ4v) is 3.48. The predicted molar refractivity (Wildman–Crippen MR) is 86.1 cm³/mol. The average molecular weight is 310 g/mol. The van der Waals surface area contributed by atoms with Crippen LogP contribution in [-0.4, -0.2) is 55.3 Å². The van der Waals surface area contributed by atoms with Crippen molar-refractivity contribution in [3.8, 4) is 0 Å². The molecule has 0 N–H and O–H groups in total. The number of anilines is 1. The van der Waals surface area contributed by atoms with E-state index in [4.69, 9.17) is 16.3 Å². The molecule has 2 aliphatic rings. The summed E-state index contributed by atoms with van der Waals surface area (Å²) in [5.41, 5.74) is 1.08. The van der Waals surface area contributed by atoms with Crippen LogP contribution in [0.25, 0.3) is 0 Å². The van der Waals surface area contributed by atoms with Crippen molar-refractivity contribution >= 4 is 17.3 Å². The molecule has 2 saturated heterocycles. The first kappa shape index (κ1) is 15.1. The summed E-state index contributed by atoms with van der Waals surface area (Å²) in [7, 11) is 0. The van der Waals surface area contributed by atoms with Crippen LogP contribution in [0.5, 0.6) is 0 Å². The van der Waals surface area contributed by atoms with Gasteiger partial charge in [-0.15, -0.1) is 0 Å². The molecule has 0 bridgehead atoms. The molecule has 1 unspecified atom stereocenters. The largest absolute Gasteiger partial charge is 0.375 e. The Morgan fingerprint density at radius 3 is 2.90 bits per heavy atom. The van der Waals surface area contributed by atoms with Crippen LogP contribution in [0.1, 0.15) is 25.7 Å². The zero-order valence-corrected chi connectivity index (χ0v) is 13.3. The highest BCUT2D eigenvalue weighted by Crippen LogP contribution is 2.28. The molecule has 2 fully saturated rings. The summed E-state index contributed by atoms with van der Waals surface area (Å²) >= 11 is 6.21. The van der Waals surface area contributed by atoms with Gasteiger partial charge in [-0.25, -0.2) is 0 Å². The van der Waals surface area contributed by atoms with Crippen LogP contribution in [0.2, 0.25) is 5.02 Å². The summed E-state index contributed by atoms with van der Waals surface area (Å²) in [6, 6.07) is 1.98. The maximum Gasteiger partial charge on any atom is 0.0822 e. The van der Waals surface area contributed by atoms with Crippen molar-refractivity contribution in [2.75, 3.05) is 44.2 Å². The van der Waals surface area contributed by atoms with E-state index in [-0.39, 0.29) is 0 Å². The van der Waals surface area contributed by atoms with Crippen molar-refractivity contribution in [2.24, 2.45) is 0 Å². The molecule has 0 aliphatic carbocycles. The second-order valence-corrected chi connectivity index (χ2v) is 6.36. The number of likely N-dealkylation sites (tertiary alicyclic amines) is 1. The lowest BCUT2D eigenvalue weighted by atomic mass is 10.1. The molecule has 5 heteroatoms. The Balaban J connectivity index is 1.41. The van der Waals surface area contributed by atoms with Crippen LogP contribution in [0.15, 0.2) is 18.5 Å². The monoisotopic (exact) mass is 309 g/mol. The van der Waals surface area contributed by atoms with Crippen LogP contribution in [0, 0.1) is 0 Å². The first-order valence-corrected chi connectivity index (χ1v) is 8.39. The van der Waals surface area contributed by atoms with Crippen molar-refractivity contribution in [3.63, 3.8) is 0 Å². The zero-order valence-electron chi connectivity index (χ0n) is 12.5. The van der Waals surface area contributed by atoms with Crippen LogP contribution in [0.3, 0.4) is 0 Å². The lowest BCUT2D eigenvalue weighted by Gasteiger charge is -2.26. The van der Waals surface area contributed by atoms with Crippen molar-refractivity contribution in [3.05, 3.63) is 23.5 Å². The summed E-state index contributed by atoms with van der Waals surface area (Å²) in [6.45, 7) is 6.36. The van der Waals surface area contributed by atoms with Gasteiger partial charge in [0.1, 0.15) is 0 Å². The Kier molecular flexibility index (Phi) is 5.33. The van der Waals surface area contributed by atoms with Crippen LogP contribution in [-0.2, 0) is 4.74 Å². The smallest absolute Gasteiger partial charge is 0.0822 e. The molecule has 0 spiro atoms. The molecular weight excluding hydrogens is 286 g/mol. The van der Waals surface area contributed by atoms with Gasteiger partial charge in [-0.2, -0.15) is 0 Å². The van der Waals surface area contributed by atoms with E-state index in [0.717, 1.165) is 43.4 Å². The molecule has 2 aliphatic heterocycles. The van der Waals surface area contributed by atoms with Crippen molar-refractivity contribution in [1.82, 2.24) is 9.88 Å². The van der Waals surface area contributed by atoms with E-state index in [1.807, 2.05) is 6.07 Å². The Morgan fingerprint density at radius 2 is 2.10 bits per heavy atom. The molecule has 1 aromatic rings. The van der Waals surface area contributed by atoms with E-state index >= 15 is 0 Å². The maximum atomic E-state index is 6.21.